The van der Waals surface area contributed by atoms with E-state index >= 15 is 0 Å². The van der Waals surface area contributed by atoms with Gasteiger partial charge in [-0.3, -0.25) is 4.79 Å². The van der Waals surface area contributed by atoms with Gasteiger partial charge in [0.1, 0.15) is 18.0 Å². The normalized spacial score (nSPS) is 20.9. The molecule has 2 amide bonds. The first-order valence-corrected chi connectivity index (χ1v) is 11.9. The second-order valence-electron chi connectivity index (χ2n) is 10.1. The van der Waals surface area contributed by atoms with Gasteiger partial charge in [-0.1, -0.05) is 12.1 Å². The van der Waals surface area contributed by atoms with Gasteiger partial charge in [0, 0.05) is 33.2 Å². The molecular formula is C25H39N3O5. The van der Waals surface area contributed by atoms with E-state index in [2.05, 4.69) is 5.32 Å². The predicted molar refractivity (Wildman–Crippen MR) is 127 cm³/mol. The van der Waals surface area contributed by atoms with Gasteiger partial charge >= 0.3 is 6.09 Å². The van der Waals surface area contributed by atoms with Gasteiger partial charge in [-0.15, -0.1) is 0 Å². The third kappa shape index (κ3) is 7.33. The van der Waals surface area contributed by atoms with Crippen molar-refractivity contribution in [1.82, 2.24) is 15.1 Å². The number of amides is 2. The fraction of sp³-hybridized carbons (Fsp3) is 0.680. The van der Waals surface area contributed by atoms with Crippen LogP contribution in [0.4, 0.5) is 4.79 Å². The Bertz CT molecular complexity index is 799. The third-order valence-electron chi connectivity index (χ3n) is 6.25. The first kappa shape index (κ1) is 25.3. The molecule has 0 atom stereocenters. The number of piperidine rings is 1. The molecule has 1 fully saturated rings. The number of likely N-dealkylation sites (tertiary alicyclic amines) is 1. The van der Waals surface area contributed by atoms with Crippen LogP contribution in [0.3, 0.4) is 0 Å². The summed E-state index contributed by atoms with van der Waals surface area (Å²) in [5, 5.41) is 3.46. The summed E-state index contributed by atoms with van der Waals surface area (Å²) in [5.74, 6) is 0.531. The topological polar surface area (TPSA) is 80.3 Å². The van der Waals surface area contributed by atoms with Crippen LogP contribution in [0.15, 0.2) is 24.3 Å². The summed E-state index contributed by atoms with van der Waals surface area (Å²) in [6.07, 6.45) is 2.30. The van der Waals surface area contributed by atoms with Crippen LogP contribution in [0, 0.1) is 5.41 Å². The Morgan fingerprint density at radius 1 is 1.06 bits per heavy atom. The molecule has 0 aromatic heterocycles. The fourth-order valence-corrected chi connectivity index (χ4v) is 4.46. The number of carbonyl (C=O) groups excluding carboxylic acids is 2. The number of rotatable bonds is 0. The summed E-state index contributed by atoms with van der Waals surface area (Å²) in [4.78, 5) is 29.5. The minimum Gasteiger partial charge on any atom is -0.490 e. The number of nitrogens with one attached hydrogen (secondary N) is 1. The first-order chi connectivity index (χ1) is 15.7. The average molecular weight is 462 g/mol. The molecule has 0 aliphatic carbocycles. The number of nitrogens with zero attached hydrogens (tertiary/aromatic N) is 2. The molecule has 1 spiro atoms. The maximum absolute atomic E-state index is 13.3. The number of fused-ring (bicyclic) bond motifs is 1. The minimum atomic E-state index is -0.511. The Morgan fingerprint density at radius 3 is 2.52 bits per heavy atom. The van der Waals surface area contributed by atoms with E-state index in [0.717, 1.165) is 32.4 Å². The lowest BCUT2D eigenvalue weighted by Crippen LogP contribution is -2.50. The summed E-state index contributed by atoms with van der Waals surface area (Å²) in [7, 11) is 1.86. The van der Waals surface area contributed by atoms with E-state index in [1.54, 1.807) is 4.90 Å². The lowest BCUT2D eigenvalue weighted by atomic mass is 9.75. The van der Waals surface area contributed by atoms with Crippen LogP contribution in [0.5, 0.6) is 5.75 Å². The van der Waals surface area contributed by atoms with E-state index in [9.17, 15) is 9.59 Å². The number of ether oxygens (including phenoxy) is 3. The van der Waals surface area contributed by atoms with Gasteiger partial charge in [-0.25, -0.2) is 4.79 Å². The van der Waals surface area contributed by atoms with Gasteiger partial charge in [0.05, 0.1) is 18.8 Å². The van der Waals surface area contributed by atoms with E-state index < -0.39 is 5.60 Å². The monoisotopic (exact) mass is 461 g/mol. The molecule has 1 saturated heterocycles. The van der Waals surface area contributed by atoms with E-state index in [4.69, 9.17) is 14.2 Å². The highest BCUT2D eigenvalue weighted by atomic mass is 16.6. The molecule has 0 radical (unpaired) electrons. The number of hydrogen-bond acceptors (Lipinski definition) is 6. The summed E-state index contributed by atoms with van der Waals surface area (Å²) in [6, 6.07) is 7.37. The lowest BCUT2D eigenvalue weighted by molar-refractivity contribution is 0.00413. The minimum absolute atomic E-state index is 0.0525. The molecule has 0 bridgehead atoms. The van der Waals surface area contributed by atoms with Gasteiger partial charge in [-0.2, -0.15) is 0 Å². The molecular weight excluding hydrogens is 422 g/mol. The molecule has 1 aromatic rings. The number of benzene rings is 1. The molecule has 1 N–H and O–H groups in total. The standard InChI is InChI=1S/C25H39N3O5/c1-24(2,3)33-23(30)28-14-10-25(11-15-28)9-12-26-13-16-31-17-18-32-21-8-6-5-7-20(21)22(29)27(4)19-25/h5-8,26H,9-19H2,1-4H3. The first-order valence-electron chi connectivity index (χ1n) is 11.9. The van der Waals surface area contributed by atoms with E-state index in [0.29, 0.717) is 50.8 Å². The Morgan fingerprint density at radius 2 is 1.79 bits per heavy atom. The second-order valence-corrected chi connectivity index (χ2v) is 10.1. The van der Waals surface area contributed by atoms with Crippen molar-refractivity contribution < 1.29 is 23.8 Å². The summed E-state index contributed by atoms with van der Waals surface area (Å²) in [6.45, 7) is 10.6. The van der Waals surface area contributed by atoms with Gasteiger partial charge in [0.15, 0.2) is 0 Å². The largest absolute Gasteiger partial charge is 0.490 e. The smallest absolute Gasteiger partial charge is 0.410 e. The molecule has 33 heavy (non-hydrogen) atoms. The summed E-state index contributed by atoms with van der Waals surface area (Å²) in [5.41, 5.74) is -0.0229. The Labute approximate surface area is 197 Å². The average Bonchev–Trinajstić information content (AvgIpc) is 2.77. The molecule has 2 heterocycles. The van der Waals surface area contributed by atoms with Gasteiger partial charge in [-0.05, 0) is 64.1 Å². The SMILES string of the molecule is CN1CC2(CCNCCOCCOc3ccccc3C1=O)CCN(C(=O)OC(C)(C)C)CC2. The highest BCUT2D eigenvalue weighted by Gasteiger charge is 2.38. The fourth-order valence-electron chi connectivity index (χ4n) is 4.46. The van der Waals surface area contributed by atoms with E-state index in [1.165, 1.54) is 0 Å². The van der Waals surface area contributed by atoms with Gasteiger partial charge in [0.25, 0.3) is 5.91 Å². The predicted octanol–water partition coefficient (Wildman–Crippen LogP) is 3.16. The Kier molecular flexibility index (Phi) is 8.59. The van der Waals surface area contributed by atoms with Crippen molar-refractivity contribution in [3.8, 4) is 5.75 Å². The Hall–Kier alpha value is -2.32. The van der Waals surface area contributed by atoms with Crippen LogP contribution in [-0.4, -0.2) is 87.0 Å². The van der Waals surface area contributed by atoms with Crippen molar-refractivity contribution in [3.05, 3.63) is 29.8 Å². The van der Waals surface area contributed by atoms with Crippen molar-refractivity contribution in [1.29, 1.82) is 0 Å². The highest BCUT2D eigenvalue weighted by molar-refractivity contribution is 5.96. The van der Waals surface area contributed by atoms with Crippen molar-refractivity contribution in [3.63, 3.8) is 0 Å². The summed E-state index contributed by atoms with van der Waals surface area (Å²) >= 11 is 0. The van der Waals surface area contributed by atoms with Crippen molar-refractivity contribution in [2.24, 2.45) is 5.41 Å². The van der Waals surface area contributed by atoms with Crippen LogP contribution >= 0.6 is 0 Å². The molecule has 8 heteroatoms. The quantitative estimate of drug-likeness (QED) is 0.639. The van der Waals surface area contributed by atoms with Crippen LogP contribution in [0.1, 0.15) is 50.4 Å². The maximum Gasteiger partial charge on any atom is 0.410 e. The van der Waals surface area contributed by atoms with Crippen LogP contribution in [-0.2, 0) is 9.47 Å². The van der Waals surface area contributed by atoms with Gasteiger partial charge < -0.3 is 29.3 Å². The molecule has 2 aliphatic heterocycles. The van der Waals surface area contributed by atoms with Crippen LogP contribution in [0.25, 0.3) is 0 Å². The van der Waals surface area contributed by atoms with Crippen molar-refractivity contribution >= 4 is 12.0 Å². The molecule has 1 aromatic carbocycles. The zero-order valence-electron chi connectivity index (χ0n) is 20.5. The highest BCUT2D eigenvalue weighted by Crippen LogP contribution is 2.36. The molecule has 8 nitrogen and oxygen atoms in total. The second kappa shape index (κ2) is 11.2. The number of carbonyl (C=O) groups is 2. The number of para-hydroxylation sites is 1. The molecule has 0 unspecified atom stereocenters. The summed E-state index contributed by atoms with van der Waals surface area (Å²) < 4.78 is 17.1. The van der Waals surface area contributed by atoms with Crippen LogP contribution in [0.2, 0.25) is 0 Å². The van der Waals surface area contributed by atoms with E-state index in [-0.39, 0.29) is 17.4 Å². The molecule has 184 valence electrons. The van der Waals surface area contributed by atoms with Crippen molar-refractivity contribution in [2.75, 3.05) is 59.6 Å². The maximum atomic E-state index is 13.3. The van der Waals surface area contributed by atoms with E-state index in [1.807, 2.05) is 57.0 Å². The molecule has 0 saturated carbocycles. The number of hydrogen-bond donors (Lipinski definition) is 1. The van der Waals surface area contributed by atoms with Crippen molar-refractivity contribution in [2.45, 2.75) is 45.6 Å². The zero-order valence-corrected chi connectivity index (χ0v) is 20.5. The zero-order chi connectivity index (χ0) is 23.9. The Balaban J connectivity index is 1.74. The lowest BCUT2D eigenvalue weighted by Gasteiger charge is -2.44. The third-order valence-corrected chi connectivity index (χ3v) is 6.25. The molecule has 3 rings (SSSR count). The van der Waals surface area contributed by atoms with Gasteiger partial charge in [0.2, 0.25) is 0 Å². The molecule has 2 aliphatic rings. The van der Waals surface area contributed by atoms with Crippen LogP contribution < -0.4 is 10.1 Å².